The molecule has 1 aromatic carbocycles. The zero-order valence-corrected chi connectivity index (χ0v) is 11.5. The summed E-state index contributed by atoms with van der Waals surface area (Å²) < 4.78 is 0. The molecule has 0 spiro atoms. The van der Waals surface area contributed by atoms with Gasteiger partial charge in [0.2, 0.25) is 0 Å². The van der Waals surface area contributed by atoms with Gasteiger partial charge in [0, 0.05) is 17.1 Å². The molecule has 1 aliphatic rings. The number of nitrogens with one attached hydrogen (secondary N) is 1. The van der Waals surface area contributed by atoms with E-state index < -0.39 is 0 Å². The molecule has 1 N–H and O–H groups in total. The normalized spacial score (nSPS) is 26.1. The van der Waals surface area contributed by atoms with Crippen molar-refractivity contribution < 1.29 is 0 Å². The van der Waals surface area contributed by atoms with Crippen molar-refractivity contribution in [1.29, 1.82) is 0 Å². The molecule has 0 heterocycles. The van der Waals surface area contributed by atoms with Gasteiger partial charge >= 0.3 is 0 Å². The summed E-state index contributed by atoms with van der Waals surface area (Å²) in [4.78, 5) is 0. The molecule has 1 aromatic rings. The maximum Gasteiger partial charge on any atom is 0.0453 e. The first-order valence-corrected chi connectivity index (χ1v) is 7.10. The first kappa shape index (κ1) is 12.9. The fourth-order valence-electron chi connectivity index (χ4n) is 2.98. The smallest absolute Gasteiger partial charge is 0.0453 e. The van der Waals surface area contributed by atoms with Gasteiger partial charge in [-0.15, -0.1) is 0 Å². The fraction of sp³-hybridized carbons (Fsp3) is 0.600. The summed E-state index contributed by atoms with van der Waals surface area (Å²) in [5.41, 5.74) is 1.22. The minimum absolute atomic E-state index is 0.348. The number of hydrogen-bond donors (Lipinski definition) is 1. The molecule has 1 nitrogen and oxygen atoms in total. The van der Waals surface area contributed by atoms with E-state index in [1.54, 1.807) is 0 Å². The Bertz CT molecular complexity index is 364. The van der Waals surface area contributed by atoms with Crippen LogP contribution in [0, 0.1) is 5.92 Å². The zero-order chi connectivity index (χ0) is 12.3. The average Bonchev–Trinajstić information content (AvgIpc) is 2.76. The van der Waals surface area contributed by atoms with Crippen molar-refractivity contribution in [3.8, 4) is 0 Å². The minimum atomic E-state index is 0.348. The van der Waals surface area contributed by atoms with Crippen LogP contribution < -0.4 is 5.32 Å². The lowest BCUT2D eigenvalue weighted by Gasteiger charge is -2.25. The predicted octanol–water partition coefficient (Wildman–Crippen LogP) is 4.57. The van der Waals surface area contributed by atoms with E-state index in [0.29, 0.717) is 12.1 Å². The Labute approximate surface area is 110 Å². The molecule has 1 saturated carbocycles. The topological polar surface area (TPSA) is 12.0 Å². The molecular formula is C15H22ClN. The molecule has 0 saturated heterocycles. The van der Waals surface area contributed by atoms with Gasteiger partial charge in [0.1, 0.15) is 0 Å². The maximum atomic E-state index is 6.23. The molecule has 3 atom stereocenters. The summed E-state index contributed by atoms with van der Waals surface area (Å²) in [6.07, 6.45) is 5.34. The lowest BCUT2D eigenvalue weighted by Crippen LogP contribution is -2.34. The fourth-order valence-corrected chi connectivity index (χ4v) is 3.28. The van der Waals surface area contributed by atoms with Gasteiger partial charge in [-0.2, -0.15) is 0 Å². The van der Waals surface area contributed by atoms with Gasteiger partial charge in [-0.25, -0.2) is 0 Å². The van der Waals surface area contributed by atoms with E-state index in [9.17, 15) is 0 Å². The van der Waals surface area contributed by atoms with E-state index in [1.165, 1.54) is 31.2 Å². The van der Waals surface area contributed by atoms with Gasteiger partial charge in [-0.3, -0.25) is 0 Å². The Morgan fingerprint density at radius 1 is 1.35 bits per heavy atom. The molecule has 2 unspecified atom stereocenters. The van der Waals surface area contributed by atoms with Crippen molar-refractivity contribution in [3.05, 3.63) is 34.9 Å². The van der Waals surface area contributed by atoms with E-state index in [1.807, 2.05) is 12.1 Å². The summed E-state index contributed by atoms with van der Waals surface area (Å²) >= 11 is 6.23. The average molecular weight is 252 g/mol. The van der Waals surface area contributed by atoms with Crippen LogP contribution in [-0.4, -0.2) is 6.04 Å². The zero-order valence-electron chi connectivity index (χ0n) is 10.7. The summed E-state index contributed by atoms with van der Waals surface area (Å²) in [6.45, 7) is 4.51. The van der Waals surface area contributed by atoms with E-state index in [-0.39, 0.29) is 0 Å². The molecule has 1 fully saturated rings. The molecule has 0 aliphatic heterocycles. The Morgan fingerprint density at radius 3 is 2.82 bits per heavy atom. The Balaban J connectivity index is 2.01. The highest BCUT2D eigenvalue weighted by Gasteiger charge is 2.27. The lowest BCUT2D eigenvalue weighted by molar-refractivity contribution is 0.360. The van der Waals surface area contributed by atoms with Gasteiger partial charge in [0.25, 0.3) is 0 Å². The molecule has 2 heteroatoms. The Kier molecular flexibility index (Phi) is 4.47. The molecule has 0 amide bonds. The SMILES string of the molecule is CCC1CCCC1N[C@H](C)c1ccccc1Cl. The molecule has 0 radical (unpaired) electrons. The molecule has 94 valence electrons. The first-order valence-electron chi connectivity index (χ1n) is 6.72. The summed E-state index contributed by atoms with van der Waals surface area (Å²) in [5.74, 6) is 0.847. The molecular weight excluding hydrogens is 230 g/mol. The first-order chi connectivity index (χ1) is 8.22. The van der Waals surface area contributed by atoms with E-state index in [2.05, 4.69) is 31.3 Å². The van der Waals surface area contributed by atoms with Crippen LogP contribution in [0.25, 0.3) is 0 Å². The van der Waals surface area contributed by atoms with Crippen LogP contribution in [-0.2, 0) is 0 Å². The quantitative estimate of drug-likeness (QED) is 0.827. The van der Waals surface area contributed by atoms with Crippen LogP contribution in [0.3, 0.4) is 0 Å². The Morgan fingerprint density at radius 2 is 2.12 bits per heavy atom. The number of benzene rings is 1. The monoisotopic (exact) mass is 251 g/mol. The minimum Gasteiger partial charge on any atom is -0.307 e. The van der Waals surface area contributed by atoms with E-state index >= 15 is 0 Å². The standard InChI is InChI=1S/C15H22ClN/c1-3-12-7-6-10-15(12)17-11(2)13-8-4-5-9-14(13)16/h4-5,8-9,11-12,15,17H,3,6-7,10H2,1-2H3/t11-,12?,15?/m1/s1. The molecule has 0 aromatic heterocycles. The highest BCUT2D eigenvalue weighted by Crippen LogP contribution is 2.31. The third-order valence-electron chi connectivity index (χ3n) is 4.02. The van der Waals surface area contributed by atoms with Crippen LogP contribution in [0.15, 0.2) is 24.3 Å². The van der Waals surface area contributed by atoms with Gasteiger partial charge < -0.3 is 5.32 Å². The van der Waals surface area contributed by atoms with Crippen molar-refractivity contribution in [1.82, 2.24) is 5.32 Å². The van der Waals surface area contributed by atoms with Crippen LogP contribution in [0.2, 0.25) is 5.02 Å². The molecule has 17 heavy (non-hydrogen) atoms. The van der Waals surface area contributed by atoms with E-state index in [4.69, 9.17) is 11.6 Å². The predicted molar refractivity (Wildman–Crippen MR) is 74.4 cm³/mol. The van der Waals surface area contributed by atoms with Crippen molar-refractivity contribution in [2.75, 3.05) is 0 Å². The van der Waals surface area contributed by atoms with Crippen molar-refractivity contribution >= 4 is 11.6 Å². The largest absolute Gasteiger partial charge is 0.307 e. The maximum absolute atomic E-state index is 6.23. The number of halogens is 1. The van der Waals surface area contributed by atoms with Gasteiger partial charge in [0.05, 0.1) is 0 Å². The summed E-state index contributed by atoms with van der Waals surface area (Å²) in [5, 5.41) is 4.63. The van der Waals surface area contributed by atoms with E-state index in [0.717, 1.165) is 10.9 Å². The molecule has 2 rings (SSSR count). The van der Waals surface area contributed by atoms with Crippen LogP contribution in [0.1, 0.15) is 51.1 Å². The molecule has 1 aliphatic carbocycles. The highest BCUT2D eigenvalue weighted by atomic mass is 35.5. The van der Waals surface area contributed by atoms with Crippen molar-refractivity contribution in [2.45, 2.75) is 51.6 Å². The van der Waals surface area contributed by atoms with Crippen LogP contribution >= 0.6 is 11.6 Å². The number of rotatable bonds is 4. The van der Waals surface area contributed by atoms with Crippen molar-refractivity contribution in [3.63, 3.8) is 0 Å². The molecule has 0 bridgehead atoms. The van der Waals surface area contributed by atoms with Crippen molar-refractivity contribution in [2.24, 2.45) is 5.92 Å². The number of hydrogen-bond acceptors (Lipinski definition) is 1. The highest BCUT2D eigenvalue weighted by molar-refractivity contribution is 6.31. The second-order valence-corrected chi connectivity index (χ2v) is 5.52. The third kappa shape index (κ3) is 3.02. The second kappa shape index (κ2) is 5.88. The van der Waals surface area contributed by atoms with Gasteiger partial charge in [0.15, 0.2) is 0 Å². The Hall–Kier alpha value is -0.530. The second-order valence-electron chi connectivity index (χ2n) is 5.12. The van der Waals surface area contributed by atoms with Crippen LogP contribution in [0.5, 0.6) is 0 Å². The lowest BCUT2D eigenvalue weighted by atomic mass is 9.98. The third-order valence-corrected chi connectivity index (χ3v) is 4.36. The van der Waals surface area contributed by atoms with Gasteiger partial charge in [-0.1, -0.05) is 49.6 Å². The van der Waals surface area contributed by atoms with Crippen LogP contribution in [0.4, 0.5) is 0 Å². The summed E-state index contributed by atoms with van der Waals surface area (Å²) in [6, 6.07) is 9.16. The summed E-state index contributed by atoms with van der Waals surface area (Å²) in [7, 11) is 0. The van der Waals surface area contributed by atoms with Gasteiger partial charge in [-0.05, 0) is 37.3 Å².